The summed E-state index contributed by atoms with van der Waals surface area (Å²) in [4.78, 5) is 6.30. The van der Waals surface area contributed by atoms with Gasteiger partial charge in [0, 0.05) is 25.0 Å². The summed E-state index contributed by atoms with van der Waals surface area (Å²) in [7, 11) is -3.77. The third kappa shape index (κ3) is 2.63. The number of rotatable bonds is 2. The maximum atomic E-state index is 13.3. The zero-order valence-electron chi connectivity index (χ0n) is 13.7. The van der Waals surface area contributed by atoms with Gasteiger partial charge in [-0.15, -0.1) is 0 Å². The second kappa shape index (κ2) is 6.05. The average molecular weight is 354 g/mol. The highest BCUT2D eigenvalue weighted by Crippen LogP contribution is 2.40. The van der Waals surface area contributed by atoms with Crippen LogP contribution in [0.5, 0.6) is 0 Å². The smallest absolute Gasteiger partial charge is 0.266 e. The molecule has 6 nitrogen and oxygen atoms in total. The molecular formula is C18H18N4O2S. The van der Waals surface area contributed by atoms with Gasteiger partial charge in [0.2, 0.25) is 0 Å². The minimum atomic E-state index is -3.77. The van der Waals surface area contributed by atoms with Crippen molar-refractivity contribution in [2.45, 2.75) is 30.2 Å². The van der Waals surface area contributed by atoms with E-state index in [2.05, 4.69) is 9.88 Å². The lowest BCUT2D eigenvalue weighted by atomic mass is 9.98. The summed E-state index contributed by atoms with van der Waals surface area (Å²) in [5.41, 5.74) is 1.90. The summed E-state index contributed by atoms with van der Waals surface area (Å²) in [6, 6.07) is 11.2. The van der Waals surface area contributed by atoms with Gasteiger partial charge < -0.3 is 4.90 Å². The Bertz CT molecular complexity index is 952. The van der Waals surface area contributed by atoms with E-state index in [1.54, 1.807) is 0 Å². The average Bonchev–Trinajstić information content (AvgIpc) is 2.67. The van der Waals surface area contributed by atoms with Gasteiger partial charge in [-0.1, -0.05) is 12.1 Å². The number of anilines is 2. The molecule has 1 saturated heterocycles. The molecule has 1 atom stereocenters. The van der Waals surface area contributed by atoms with Gasteiger partial charge in [0.25, 0.3) is 10.0 Å². The Morgan fingerprint density at radius 1 is 1.16 bits per heavy atom. The first kappa shape index (κ1) is 15.9. The number of fused-ring (bicyclic) bond motifs is 3. The van der Waals surface area contributed by atoms with Crippen LogP contribution < -0.4 is 9.21 Å². The van der Waals surface area contributed by atoms with Gasteiger partial charge in [0.15, 0.2) is 0 Å². The van der Waals surface area contributed by atoms with E-state index in [-0.39, 0.29) is 16.5 Å². The molecule has 1 unspecified atom stereocenters. The summed E-state index contributed by atoms with van der Waals surface area (Å²) in [5.74, 6) is 0. The van der Waals surface area contributed by atoms with Gasteiger partial charge in [-0.05, 0) is 37.5 Å². The molecule has 1 aromatic carbocycles. The third-order valence-corrected chi connectivity index (χ3v) is 6.64. The molecule has 0 spiro atoms. The number of para-hydroxylation sites is 2. The lowest BCUT2D eigenvalue weighted by Crippen LogP contribution is -2.52. The molecule has 0 N–H and O–H groups in total. The molecule has 0 radical (unpaired) electrons. The Morgan fingerprint density at radius 3 is 2.76 bits per heavy atom. The highest BCUT2D eigenvalue weighted by atomic mass is 32.2. The summed E-state index contributed by atoms with van der Waals surface area (Å²) in [6.07, 6.45) is 5.91. The molecule has 0 bridgehead atoms. The number of nitrogens with zero attached hydrogens (tertiary/aromatic N) is 4. The molecule has 2 aromatic rings. The number of nitriles is 1. The molecule has 7 heteroatoms. The molecule has 4 rings (SSSR count). The second-order valence-electron chi connectivity index (χ2n) is 6.39. The van der Waals surface area contributed by atoms with Crippen LogP contribution in [0.1, 0.15) is 24.8 Å². The first-order chi connectivity index (χ1) is 12.1. The lowest BCUT2D eigenvalue weighted by Gasteiger charge is -2.46. The zero-order chi connectivity index (χ0) is 17.4. The SMILES string of the molecule is N#Cc1cncc(S(=O)(=O)N2CC3CCCCN3c3ccccc32)c1. The van der Waals surface area contributed by atoms with Gasteiger partial charge in [0.1, 0.15) is 11.0 Å². The van der Waals surface area contributed by atoms with E-state index in [0.29, 0.717) is 12.2 Å². The number of benzene rings is 1. The van der Waals surface area contributed by atoms with E-state index in [1.165, 1.54) is 22.8 Å². The van der Waals surface area contributed by atoms with Crippen molar-refractivity contribution in [2.24, 2.45) is 0 Å². The van der Waals surface area contributed by atoms with Gasteiger partial charge in [-0.3, -0.25) is 9.29 Å². The van der Waals surface area contributed by atoms with Crippen molar-refractivity contribution in [3.8, 4) is 6.07 Å². The van der Waals surface area contributed by atoms with Crippen molar-refractivity contribution in [1.29, 1.82) is 5.26 Å². The fraction of sp³-hybridized carbons (Fsp3) is 0.333. The minimum Gasteiger partial charge on any atom is -0.365 e. The highest BCUT2D eigenvalue weighted by Gasteiger charge is 2.38. The van der Waals surface area contributed by atoms with Gasteiger partial charge in [0.05, 0.1) is 23.5 Å². The van der Waals surface area contributed by atoms with Crippen LogP contribution >= 0.6 is 0 Å². The van der Waals surface area contributed by atoms with E-state index in [9.17, 15) is 8.42 Å². The number of hydrogen-bond donors (Lipinski definition) is 0. The van der Waals surface area contributed by atoms with Crippen LogP contribution in [0, 0.1) is 11.3 Å². The normalized spacial score (nSPS) is 19.7. The van der Waals surface area contributed by atoms with Crippen LogP contribution in [0.15, 0.2) is 47.6 Å². The fourth-order valence-electron chi connectivity index (χ4n) is 3.69. The molecule has 1 fully saturated rings. The number of sulfonamides is 1. The Balaban J connectivity index is 1.82. The maximum Gasteiger partial charge on any atom is 0.266 e. The molecule has 0 aliphatic carbocycles. The van der Waals surface area contributed by atoms with Crippen molar-refractivity contribution in [3.63, 3.8) is 0 Å². The molecule has 3 heterocycles. The Labute approximate surface area is 147 Å². The Morgan fingerprint density at radius 2 is 1.96 bits per heavy atom. The van der Waals surface area contributed by atoms with E-state index in [4.69, 9.17) is 5.26 Å². The van der Waals surface area contributed by atoms with Crippen molar-refractivity contribution < 1.29 is 8.42 Å². The van der Waals surface area contributed by atoms with Crippen LogP contribution in [0.4, 0.5) is 11.4 Å². The first-order valence-electron chi connectivity index (χ1n) is 8.35. The van der Waals surface area contributed by atoms with E-state index in [1.807, 2.05) is 30.3 Å². The monoisotopic (exact) mass is 354 g/mol. The highest BCUT2D eigenvalue weighted by molar-refractivity contribution is 7.92. The second-order valence-corrected chi connectivity index (χ2v) is 8.25. The number of piperidine rings is 1. The van der Waals surface area contributed by atoms with Gasteiger partial charge >= 0.3 is 0 Å². The predicted molar refractivity (Wildman–Crippen MR) is 94.9 cm³/mol. The zero-order valence-corrected chi connectivity index (χ0v) is 14.5. The number of pyridine rings is 1. The van der Waals surface area contributed by atoms with Crippen LogP contribution in [0.3, 0.4) is 0 Å². The van der Waals surface area contributed by atoms with Crippen LogP contribution in [0.25, 0.3) is 0 Å². The molecule has 2 aliphatic heterocycles. The molecule has 2 aliphatic rings. The van der Waals surface area contributed by atoms with Crippen LogP contribution in [-0.4, -0.2) is 32.5 Å². The molecule has 1 aromatic heterocycles. The molecule has 25 heavy (non-hydrogen) atoms. The third-order valence-electron chi connectivity index (χ3n) is 4.89. The summed E-state index contributed by atoms with van der Waals surface area (Å²) >= 11 is 0. The Kier molecular flexibility index (Phi) is 3.85. The Hall–Kier alpha value is -2.59. The van der Waals surface area contributed by atoms with E-state index >= 15 is 0 Å². The summed E-state index contributed by atoms with van der Waals surface area (Å²) < 4.78 is 28.0. The van der Waals surface area contributed by atoms with Crippen LogP contribution in [-0.2, 0) is 10.0 Å². The topological polar surface area (TPSA) is 77.3 Å². The van der Waals surface area contributed by atoms with E-state index in [0.717, 1.165) is 31.5 Å². The largest absolute Gasteiger partial charge is 0.365 e. The molecule has 0 amide bonds. The van der Waals surface area contributed by atoms with Crippen molar-refractivity contribution in [2.75, 3.05) is 22.3 Å². The quantitative estimate of drug-likeness (QED) is 0.828. The van der Waals surface area contributed by atoms with Gasteiger partial charge in [-0.25, -0.2) is 8.42 Å². The van der Waals surface area contributed by atoms with E-state index < -0.39 is 10.0 Å². The molecule has 128 valence electrons. The predicted octanol–water partition coefficient (Wildman–Crippen LogP) is 2.52. The fourth-order valence-corrected chi connectivity index (χ4v) is 5.20. The van der Waals surface area contributed by atoms with Crippen molar-refractivity contribution in [3.05, 3.63) is 48.3 Å². The van der Waals surface area contributed by atoms with Crippen molar-refractivity contribution in [1.82, 2.24) is 4.98 Å². The summed E-state index contributed by atoms with van der Waals surface area (Å²) in [5, 5.41) is 9.05. The standard InChI is InChI=1S/C18H18N4O2S/c19-10-14-9-16(12-20-11-14)25(23,24)22-13-15-5-3-4-8-21(15)17-6-1-2-7-18(17)22/h1-2,6-7,9,11-12,15H,3-5,8,13H2. The minimum absolute atomic E-state index is 0.0608. The lowest BCUT2D eigenvalue weighted by molar-refractivity contribution is 0.454. The van der Waals surface area contributed by atoms with Crippen LogP contribution in [0.2, 0.25) is 0 Å². The molecule has 0 saturated carbocycles. The maximum absolute atomic E-state index is 13.3. The van der Waals surface area contributed by atoms with Gasteiger partial charge in [-0.2, -0.15) is 5.26 Å². The van der Waals surface area contributed by atoms with Crippen molar-refractivity contribution >= 4 is 21.4 Å². The summed E-state index contributed by atoms with van der Waals surface area (Å²) in [6.45, 7) is 1.39. The number of aromatic nitrogens is 1. The first-order valence-corrected chi connectivity index (χ1v) is 9.79. The molecular weight excluding hydrogens is 336 g/mol. The number of hydrogen-bond acceptors (Lipinski definition) is 5.